The van der Waals surface area contributed by atoms with Gasteiger partial charge in [-0.1, -0.05) is 0 Å². The molecule has 0 bridgehead atoms. The normalized spacial score (nSPS) is 20.7. The molecule has 1 unspecified atom stereocenters. The lowest BCUT2D eigenvalue weighted by Gasteiger charge is -2.23. The minimum absolute atomic E-state index is 0.479. The zero-order valence-electron chi connectivity index (χ0n) is 10.9. The number of hydrogen-bond acceptors (Lipinski definition) is 3. The predicted octanol–water partition coefficient (Wildman–Crippen LogP) is 1.79. The molecule has 1 aliphatic heterocycles. The van der Waals surface area contributed by atoms with Gasteiger partial charge >= 0.3 is 0 Å². The summed E-state index contributed by atoms with van der Waals surface area (Å²) in [5, 5.41) is 11.5. The standard InChI is InChI=1S/C13H19N5/c1-10-6-14-16-13(10)12-4-3-5-18(12)9-11-7-15-17(2)8-11/h6-8,12H,3-5,9H2,1-2H3,(H,14,16). The van der Waals surface area contributed by atoms with E-state index in [1.54, 1.807) is 0 Å². The Labute approximate surface area is 107 Å². The van der Waals surface area contributed by atoms with Gasteiger partial charge in [-0.25, -0.2) is 0 Å². The molecular formula is C13H19N5. The summed E-state index contributed by atoms with van der Waals surface area (Å²) in [6.45, 7) is 4.24. The van der Waals surface area contributed by atoms with E-state index in [4.69, 9.17) is 0 Å². The van der Waals surface area contributed by atoms with E-state index in [0.717, 1.165) is 13.1 Å². The lowest BCUT2D eigenvalue weighted by molar-refractivity contribution is 0.243. The predicted molar refractivity (Wildman–Crippen MR) is 68.9 cm³/mol. The number of aryl methyl sites for hydroxylation is 2. The van der Waals surface area contributed by atoms with Crippen molar-refractivity contribution in [3.05, 3.63) is 35.4 Å². The Hall–Kier alpha value is -1.62. The van der Waals surface area contributed by atoms with E-state index in [9.17, 15) is 0 Å². The molecule has 0 radical (unpaired) electrons. The average Bonchev–Trinajstić information content (AvgIpc) is 3.02. The second kappa shape index (κ2) is 4.57. The molecule has 1 fully saturated rings. The van der Waals surface area contributed by atoms with Gasteiger partial charge in [0.25, 0.3) is 0 Å². The number of aromatic nitrogens is 4. The first kappa shape index (κ1) is 11.5. The van der Waals surface area contributed by atoms with Crippen molar-refractivity contribution in [3.63, 3.8) is 0 Å². The van der Waals surface area contributed by atoms with Crippen molar-refractivity contribution < 1.29 is 0 Å². The summed E-state index contributed by atoms with van der Waals surface area (Å²) in [5.74, 6) is 0. The van der Waals surface area contributed by atoms with Gasteiger partial charge in [0.05, 0.1) is 24.1 Å². The van der Waals surface area contributed by atoms with Gasteiger partial charge in [-0.2, -0.15) is 10.2 Å². The van der Waals surface area contributed by atoms with Crippen molar-refractivity contribution in [2.24, 2.45) is 7.05 Å². The Kier molecular flexibility index (Phi) is 2.91. The maximum atomic E-state index is 4.23. The van der Waals surface area contributed by atoms with Gasteiger partial charge < -0.3 is 0 Å². The summed E-state index contributed by atoms with van der Waals surface area (Å²) in [6, 6.07) is 0.479. The van der Waals surface area contributed by atoms with Crippen LogP contribution in [-0.4, -0.2) is 31.4 Å². The molecule has 1 saturated heterocycles. The summed E-state index contributed by atoms with van der Waals surface area (Å²) < 4.78 is 1.86. The molecule has 5 nitrogen and oxygen atoms in total. The van der Waals surface area contributed by atoms with Gasteiger partial charge in [-0.15, -0.1) is 0 Å². The lowest BCUT2D eigenvalue weighted by Crippen LogP contribution is -2.23. The van der Waals surface area contributed by atoms with Crippen molar-refractivity contribution in [2.45, 2.75) is 32.4 Å². The molecule has 18 heavy (non-hydrogen) atoms. The maximum Gasteiger partial charge on any atom is 0.0553 e. The number of rotatable bonds is 3. The van der Waals surface area contributed by atoms with Crippen LogP contribution < -0.4 is 0 Å². The van der Waals surface area contributed by atoms with Gasteiger partial charge in [0, 0.05) is 25.4 Å². The van der Waals surface area contributed by atoms with E-state index in [1.165, 1.54) is 29.7 Å². The monoisotopic (exact) mass is 245 g/mol. The quantitative estimate of drug-likeness (QED) is 0.897. The third-order valence-corrected chi connectivity index (χ3v) is 3.71. The van der Waals surface area contributed by atoms with Gasteiger partial charge in [-0.05, 0) is 31.9 Å². The minimum atomic E-state index is 0.479. The summed E-state index contributed by atoms with van der Waals surface area (Å²) in [7, 11) is 1.96. The van der Waals surface area contributed by atoms with Crippen LogP contribution in [0.3, 0.4) is 0 Å². The zero-order chi connectivity index (χ0) is 12.5. The summed E-state index contributed by atoms with van der Waals surface area (Å²) in [5.41, 5.74) is 3.82. The average molecular weight is 245 g/mol. The van der Waals surface area contributed by atoms with E-state index in [1.807, 2.05) is 24.1 Å². The molecule has 0 saturated carbocycles. The number of likely N-dealkylation sites (tertiary alicyclic amines) is 1. The molecule has 1 aliphatic rings. The maximum absolute atomic E-state index is 4.23. The smallest absolute Gasteiger partial charge is 0.0553 e. The highest BCUT2D eigenvalue weighted by molar-refractivity contribution is 5.19. The Morgan fingerprint density at radius 1 is 1.44 bits per heavy atom. The van der Waals surface area contributed by atoms with Crippen molar-refractivity contribution >= 4 is 0 Å². The van der Waals surface area contributed by atoms with Crippen LogP contribution >= 0.6 is 0 Å². The third-order valence-electron chi connectivity index (χ3n) is 3.71. The molecule has 3 rings (SSSR count). The summed E-state index contributed by atoms with van der Waals surface area (Å²) in [6.07, 6.45) is 8.42. The van der Waals surface area contributed by atoms with Crippen LogP contribution in [0, 0.1) is 6.92 Å². The molecule has 2 aromatic rings. The van der Waals surface area contributed by atoms with Gasteiger partial charge in [0.2, 0.25) is 0 Å². The second-order valence-electron chi connectivity index (χ2n) is 5.12. The van der Waals surface area contributed by atoms with Crippen molar-refractivity contribution in [3.8, 4) is 0 Å². The molecule has 2 aromatic heterocycles. The molecule has 0 amide bonds. The van der Waals surface area contributed by atoms with E-state index in [2.05, 4.69) is 33.3 Å². The molecule has 5 heteroatoms. The Bertz CT molecular complexity index is 527. The van der Waals surface area contributed by atoms with Crippen LogP contribution in [0.15, 0.2) is 18.6 Å². The van der Waals surface area contributed by atoms with Gasteiger partial charge in [-0.3, -0.25) is 14.7 Å². The van der Waals surface area contributed by atoms with E-state index >= 15 is 0 Å². The SMILES string of the molecule is Cc1cn[nH]c1C1CCCN1Cc1cnn(C)c1. The Morgan fingerprint density at radius 2 is 2.33 bits per heavy atom. The number of H-pyrrole nitrogens is 1. The Morgan fingerprint density at radius 3 is 3.00 bits per heavy atom. The zero-order valence-corrected chi connectivity index (χ0v) is 10.9. The van der Waals surface area contributed by atoms with Gasteiger partial charge in [0.15, 0.2) is 0 Å². The number of hydrogen-bond donors (Lipinski definition) is 1. The fraction of sp³-hybridized carbons (Fsp3) is 0.538. The Balaban J connectivity index is 1.77. The fourth-order valence-corrected chi connectivity index (χ4v) is 2.82. The first-order valence-electron chi connectivity index (χ1n) is 6.45. The van der Waals surface area contributed by atoms with Crippen molar-refractivity contribution in [2.75, 3.05) is 6.54 Å². The van der Waals surface area contributed by atoms with E-state index < -0.39 is 0 Å². The summed E-state index contributed by atoms with van der Waals surface area (Å²) in [4.78, 5) is 2.51. The number of nitrogens with zero attached hydrogens (tertiary/aromatic N) is 4. The fourth-order valence-electron chi connectivity index (χ4n) is 2.82. The largest absolute Gasteiger partial charge is 0.290 e. The number of nitrogens with one attached hydrogen (secondary N) is 1. The van der Waals surface area contributed by atoms with E-state index in [0.29, 0.717) is 6.04 Å². The first-order valence-corrected chi connectivity index (χ1v) is 6.45. The van der Waals surface area contributed by atoms with Crippen molar-refractivity contribution in [1.29, 1.82) is 0 Å². The lowest BCUT2D eigenvalue weighted by atomic mass is 10.1. The van der Waals surface area contributed by atoms with Crippen LogP contribution in [0.2, 0.25) is 0 Å². The molecule has 1 N–H and O–H groups in total. The topological polar surface area (TPSA) is 49.7 Å². The van der Waals surface area contributed by atoms with Crippen LogP contribution in [0.25, 0.3) is 0 Å². The third kappa shape index (κ3) is 2.06. The van der Waals surface area contributed by atoms with Gasteiger partial charge in [0.1, 0.15) is 0 Å². The van der Waals surface area contributed by atoms with Crippen LogP contribution in [0.4, 0.5) is 0 Å². The summed E-state index contributed by atoms with van der Waals surface area (Å²) >= 11 is 0. The van der Waals surface area contributed by atoms with Crippen LogP contribution in [0.5, 0.6) is 0 Å². The molecule has 0 aliphatic carbocycles. The number of aromatic amines is 1. The second-order valence-corrected chi connectivity index (χ2v) is 5.12. The minimum Gasteiger partial charge on any atom is -0.290 e. The van der Waals surface area contributed by atoms with Crippen molar-refractivity contribution in [1.82, 2.24) is 24.9 Å². The highest BCUT2D eigenvalue weighted by Gasteiger charge is 2.28. The molecule has 0 aromatic carbocycles. The highest BCUT2D eigenvalue weighted by Crippen LogP contribution is 2.33. The molecule has 3 heterocycles. The molecule has 0 spiro atoms. The molecule has 96 valence electrons. The van der Waals surface area contributed by atoms with Crippen LogP contribution in [-0.2, 0) is 13.6 Å². The highest BCUT2D eigenvalue weighted by atomic mass is 15.3. The molecule has 1 atom stereocenters. The van der Waals surface area contributed by atoms with E-state index in [-0.39, 0.29) is 0 Å². The van der Waals surface area contributed by atoms with Crippen LogP contribution in [0.1, 0.15) is 35.7 Å². The first-order chi connectivity index (χ1) is 8.74. The molecular weight excluding hydrogens is 226 g/mol.